The van der Waals surface area contributed by atoms with Crippen LogP contribution in [0.1, 0.15) is 71.4 Å². The molecule has 6 rings (SSSR count). The Kier molecular flexibility index (Phi) is 11.7. The predicted molar refractivity (Wildman–Crippen MR) is 190 cm³/mol. The van der Waals surface area contributed by atoms with Gasteiger partial charge >= 0.3 is 23.9 Å². The first-order valence-corrected chi connectivity index (χ1v) is 19.6. The summed E-state index contributed by atoms with van der Waals surface area (Å²) in [5.41, 5.74) is 6.67. The molecule has 0 bridgehead atoms. The first kappa shape index (κ1) is 41.2. The normalized spacial score (nSPS) is 30.2. The van der Waals surface area contributed by atoms with Crippen molar-refractivity contribution in [1.82, 2.24) is 15.1 Å². The molecule has 4 saturated heterocycles. The molecule has 54 heavy (non-hydrogen) atoms. The second-order valence-corrected chi connectivity index (χ2v) is 19.2. The molecule has 0 aromatic heterocycles. The van der Waals surface area contributed by atoms with Gasteiger partial charge in [-0.25, -0.2) is 18.0 Å². The fourth-order valence-electron chi connectivity index (χ4n) is 7.64. The lowest BCUT2D eigenvalue weighted by atomic mass is 9.82. The van der Waals surface area contributed by atoms with Crippen LogP contribution in [0.15, 0.2) is 30.3 Å². The van der Waals surface area contributed by atoms with Gasteiger partial charge in [-0.2, -0.15) is 0 Å². The average molecular weight is 815 g/mol. The monoisotopic (exact) mass is 814 g/mol. The van der Waals surface area contributed by atoms with Gasteiger partial charge in [-0.05, 0) is 58.9 Å². The Labute approximate surface area is 322 Å². The summed E-state index contributed by atoms with van der Waals surface area (Å²) in [6, 6.07) is 4.53. The van der Waals surface area contributed by atoms with E-state index in [1.54, 1.807) is 44.2 Å². The van der Waals surface area contributed by atoms with E-state index in [2.05, 4.69) is 5.32 Å². The number of hydrogen-bond acceptors (Lipinski definition) is 15. The second kappa shape index (κ2) is 15.3. The molecule has 20 heteroatoms. The van der Waals surface area contributed by atoms with Gasteiger partial charge in [-0.1, -0.05) is 30.3 Å². The summed E-state index contributed by atoms with van der Waals surface area (Å²) in [6.07, 6.45) is 0.891. The van der Waals surface area contributed by atoms with Crippen molar-refractivity contribution in [3.8, 4) is 0 Å². The number of nitrogens with one attached hydrogen (secondary N) is 1. The minimum atomic E-state index is -3.80. The highest BCUT2D eigenvalue weighted by atomic mass is 35.5. The number of halogens is 1. The first-order valence-electron chi connectivity index (χ1n) is 17.2. The summed E-state index contributed by atoms with van der Waals surface area (Å²) < 4.78 is 43.7. The number of sulfone groups is 1. The molecule has 0 spiro atoms. The molecular formula is C34H43ClN4O13S2. The van der Waals surface area contributed by atoms with Crippen molar-refractivity contribution in [3.63, 3.8) is 0 Å². The van der Waals surface area contributed by atoms with Crippen molar-refractivity contribution in [2.45, 2.75) is 104 Å². The maximum absolute atomic E-state index is 13.2. The van der Waals surface area contributed by atoms with Gasteiger partial charge in [0.15, 0.2) is 9.84 Å². The highest BCUT2D eigenvalue weighted by molar-refractivity contribution is 8.01. The summed E-state index contributed by atoms with van der Waals surface area (Å²) in [5.74, 6) is -5.65. The number of β-lactam (4-membered cyclic amide) rings is 2. The Hall–Kier alpha value is -3.94. The number of amides is 3. The molecule has 1 saturated carbocycles. The Bertz CT molecular complexity index is 1820. The van der Waals surface area contributed by atoms with Gasteiger partial charge in [0.2, 0.25) is 31.3 Å². The van der Waals surface area contributed by atoms with E-state index in [1.165, 1.54) is 30.5 Å². The largest absolute Gasteiger partial charge is 0.428 e. The Balaban J connectivity index is 0.00000561. The van der Waals surface area contributed by atoms with Crippen LogP contribution in [0.4, 0.5) is 0 Å². The van der Waals surface area contributed by atoms with Gasteiger partial charge in [0.25, 0.3) is 0 Å². The van der Waals surface area contributed by atoms with Gasteiger partial charge < -0.3 is 39.8 Å². The Morgan fingerprint density at radius 1 is 0.833 bits per heavy atom. The van der Waals surface area contributed by atoms with E-state index >= 15 is 0 Å². The van der Waals surface area contributed by atoms with Crippen molar-refractivity contribution in [2.75, 3.05) is 13.6 Å². The van der Waals surface area contributed by atoms with Crippen LogP contribution in [0, 0.1) is 11.8 Å². The van der Waals surface area contributed by atoms with Crippen LogP contribution in [0.3, 0.4) is 0 Å². The van der Waals surface area contributed by atoms with Crippen molar-refractivity contribution >= 4 is 75.6 Å². The lowest BCUT2D eigenvalue weighted by Gasteiger charge is -2.44. The molecule has 3 N–H and O–H groups in total. The number of thioether (sulfide) groups is 1. The second-order valence-electron chi connectivity index (χ2n) is 14.8. The summed E-state index contributed by atoms with van der Waals surface area (Å²) >= 11 is 1.34. The van der Waals surface area contributed by atoms with E-state index < -0.39 is 121 Å². The van der Waals surface area contributed by atoms with E-state index in [1.807, 2.05) is 0 Å². The van der Waals surface area contributed by atoms with Gasteiger partial charge in [0.05, 0.1) is 23.0 Å². The maximum atomic E-state index is 13.2. The number of carbonyl (C=O) groups excluding carboxylic acids is 7. The third-order valence-corrected chi connectivity index (χ3v) is 15.2. The third-order valence-electron chi connectivity index (χ3n) is 10.8. The average Bonchev–Trinajstić information content (AvgIpc) is 3.44. The van der Waals surface area contributed by atoms with E-state index in [0.29, 0.717) is 5.56 Å². The number of nitrogens with zero attached hydrogens (tertiary/aromatic N) is 2. The number of benzene rings is 1. The van der Waals surface area contributed by atoms with Crippen LogP contribution in [-0.4, -0.2) is 112 Å². The van der Waals surface area contributed by atoms with Gasteiger partial charge in [-0.15, -0.1) is 24.2 Å². The minimum Gasteiger partial charge on any atom is -0.428 e. The zero-order valence-electron chi connectivity index (χ0n) is 30.0. The minimum absolute atomic E-state index is 0. The van der Waals surface area contributed by atoms with E-state index in [0.717, 1.165) is 4.90 Å². The number of hydrogen-bond donors (Lipinski definition) is 2. The highest BCUT2D eigenvalue weighted by Crippen LogP contribution is 2.51. The molecule has 4 heterocycles. The molecule has 296 valence electrons. The van der Waals surface area contributed by atoms with Crippen LogP contribution in [0.5, 0.6) is 0 Å². The van der Waals surface area contributed by atoms with Gasteiger partial charge in [0.1, 0.15) is 34.9 Å². The standard InChI is InChI=1S/C34H42N4O13S2.ClH/c1-33(2)24(38-27(41)23(28(38)52-33)36-26(40)22(35)17-8-6-5-7-9-17)31(44)50-15-48-29(42)18-10-12-19(13-11-18)30(43)49-16-51-32(45)25-34(3,4)53(46,47)21-14-20(39)37(21)25;/h5-9,18-19,21-25,28H,10-16,35H2,1-4H3,(H,36,40);1H/t18-,19-,21-,22?,23-,24+,25+,28-;/m1./s1. The van der Waals surface area contributed by atoms with Crippen LogP contribution < -0.4 is 11.1 Å². The van der Waals surface area contributed by atoms with E-state index in [4.69, 9.17) is 24.7 Å². The number of rotatable bonds is 11. The number of fused-ring (bicyclic) bond motifs is 2. The van der Waals surface area contributed by atoms with E-state index in [-0.39, 0.29) is 44.5 Å². The SMILES string of the molecule is CC1(C)S[C@@H]2[C@H](NC(=O)C(N)c3ccccc3)C(=O)N2[C@H]1C(=O)OCOC(=O)[C@H]1CC[C@H](C(=O)OCOC(=O)[C@@H]2N3C(=O)C[C@H]3S(=O)(=O)C2(C)C)CC1.Cl. The van der Waals surface area contributed by atoms with Crippen LogP contribution in [0.25, 0.3) is 0 Å². The lowest BCUT2D eigenvalue weighted by Crippen LogP contribution is -2.71. The number of nitrogens with two attached hydrogens (primary N) is 1. The number of esters is 4. The van der Waals surface area contributed by atoms with Gasteiger partial charge in [-0.3, -0.25) is 24.0 Å². The zero-order chi connectivity index (χ0) is 38.6. The molecule has 4 aliphatic heterocycles. The molecule has 1 aliphatic carbocycles. The molecule has 1 aromatic carbocycles. The van der Waals surface area contributed by atoms with Crippen molar-refractivity contribution in [3.05, 3.63) is 35.9 Å². The molecule has 5 fully saturated rings. The molecule has 5 aliphatic rings. The molecular weight excluding hydrogens is 772 g/mol. The molecule has 6 atom stereocenters. The van der Waals surface area contributed by atoms with Crippen molar-refractivity contribution in [1.29, 1.82) is 0 Å². The van der Waals surface area contributed by atoms with Crippen molar-refractivity contribution < 1.29 is 60.9 Å². The molecule has 0 radical (unpaired) electrons. The number of ether oxygens (including phenoxy) is 4. The zero-order valence-corrected chi connectivity index (χ0v) is 32.4. The Morgan fingerprint density at radius 3 is 1.85 bits per heavy atom. The van der Waals surface area contributed by atoms with Crippen LogP contribution in [-0.2, 0) is 62.3 Å². The maximum Gasteiger partial charge on any atom is 0.333 e. The molecule has 1 aromatic rings. The summed E-state index contributed by atoms with van der Waals surface area (Å²) in [4.78, 5) is 91.6. The molecule has 3 amide bonds. The Morgan fingerprint density at radius 2 is 1.33 bits per heavy atom. The quantitative estimate of drug-likeness (QED) is 0.178. The van der Waals surface area contributed by atoms with Crippen molar-refractivity contribution in [2.24, 2.45) is 17.6 Å². The summed E-state index contributed by atoms with van der Waals surface area (Å²) in [6.45, 7) is 4.81. The smallest absolute Gasteiger partial charge is 0.333 e. The predicted octanol–water partition coefficient (Wildman–Crippen LogP) is 0.684. The summed E-state index contributed by atoms with van der Waals surface area (Å²) in [7, 11) is -3.80. The first-order chi connectivity index (χ1) is 24.9. The lowest BCUT2D eigenvalue weighted by molar-refractivity contribution is -0.181. The van der Waals surface area contributed by atoms with Crippen LogP contribution in [0.2, 0.25) is 0 Å². The molecule has 1 unspecified atom stereocenters. The van der Waals surface area contributed by atoms with Gasteiger partial charge in [0, 0.05) is 4.75 Å². The topological polar surface area (TPSA) is 235 Å². The fraction of sp³-hybridized carbons (Fsp3) is 0.618. The summed E-state index contributed by atoms with van der Waals surface area (Å²) in [5, 5.41) is 1.11. The highest BCUT2D eigenvalue weighted by Gasteiger charge is 2.68. The third kappa shape index (κ3) is 7.14. The fourth-order valence-corrected chi connectivity index (χ4v) is 11.4. The van der Waals surface area contributed by atoms with Crippen LogP contribution >= 0.6 is 24.2 Å². The molecule has 17 nitrogen and oxygen atoms in total. The number of carbonyl (C=O) groups is 7. The van der Waals surface area contributed by atoms with E-state index in [9.17, 15) is 42.0 Å².